The Bertz CT molecular complexity index is 1110. The van der Waals surface area contributed by atoms with Crippen LogP contribution in [0.4, 0.5) is 9.59 Å². The van der Waals surface area contributed by atoms with Crippen LogP contribution in [0.25, 0.3) is 0 Å². The van der Waals surface area contributed by atoms with E-state index in [0.717, 1.165) is 43.6 Å². The number of alkyl carbamates (subject to hydrolysis) is 1. The van der Waals surface area contributed by atoms with Crippen molar-refractivity contribution >= 4 is 18.1 Å². The maximum absolute atomic E-state index is 13.6. The molecule has 2 aliphatic heterocycles. The van der Waals surface area contributed by atoms with E-state index in [0.29, 0.717) is 32.1 Å². The van der Waals surface area contributed by atoms with E-state index in [9.17, 15) is 14.4 Å². The fourth-order valence-electron chi connectivity index (χ4n) is 5.14. The molecule has 2 aromatic rings. The zero-order valence-electron chi connectivity index (χ0n) is 23.9. The van der Waals surface area contributed by atoms with E-state index in [2.05, 4.69) is 10.2 Å². The second kappa shape index (κ2) is 13.7. The number of piperazine rings is 1. The van der Waals surface area contributed by atoms with E-state index in [4.69, 9.17) is 9.47 Å². The minimum absolute atomic E-state index is 0.131. The summed E-state index contributed by atoms with van der Waals surface area (Å²) in [4.78, 5) is 44.6. The van der Waals surface area contributed by atoms with Crippen LogP contribution in [0.15, 0.2) is 60.7 Å². The Balaban J connectivity index is 1.26. The average Bonchev–Trinajstić information content (AvgIpc) is 2.95. The molecule has 4 rings (SSSR count). The monoisotopic (exact) mass is 550 g/mol. The molecule has 2 fully saturated rings. The summed E-state index contributed by atoms with van der Waals surface area (Å²) in [5, 5.41) is 2.80. The molecular weight excluding hydrogens is 508 g/mol. The zero-order valence-corrected chi connectivity index (χ0v) is 23.9. The van der Waals surface area contributed by atoms with E-state index >= 15 is 0 Å². The molecule has 2 aliphatic rings. The van der Waals surface area contributed by atoms with Crippen molar-refractivity contribution in [2.45, 2.75) is 51.9 Å². The van der Waals surface area contributed by atoms with Gasteiger partial charge in [0.25, 0.3) is 0 Å². The van der Waals surface area contributed by atoms with Gasteiger partial charge in [-0.25, -0.2) is 9.59 Å². The molecule has 2 saturated heterocycles. The second-order valence-corrected chi connectivity index (χ2v) is 11.6. The van der Waals surface area contributed by atoms with Gasteiger partial charge >= 0.3 is 12.2 Å². The Morgan fingerprint density at radius 3 is 2.05 bits per heavy atom. The van der Waals surface area contributed by atoms with Crippen molar-refractivity contribution in [3.63, 3.8) is 0 Å². The summed E-state index contributed by atoms with van der Waals surface area (Å²) in [6, 6.07) is 17.9. The van der Waals surface area contributed by atoms with Crippen molar-refractivity contribution in [1.29, 1.82) is 0 Å². The van der Waals surface area contributed by atoms with Gasteiger partial charge in [-0.05, 0) is 50.7 Å². The largest absolute Gasteiger partial charge is 0.445 e. The van der Waals surface area contributed by atoms with Crippen LogP contribution in [-0.2, 0) is 20.9 Å². The lowest BCUT2D eigenvalue weighted by molar-refractivity contribution is -0.135. The maximum atomic E-state index is 13.6. The molecule has 2 heterocycles. The Hall–Kier alpha value is -3.59. The first-order valence-electron chi connectivity index (χ1n) is 14.2. The lowest BCUT2D eigenvalue weighted by Gasteiger charge is -2.39. The third-order valence-electron chi connectivity index (χ3n) is 7.32. The normalized spacial score (nSPS) is 17.7. The molecule has 216 valence electrons. The molecule has 1 N–H and O–H groups in total. The van der Waals surface area contributed by atoms with Crippen LogP contribution >= 0.6 is 0 Å². The summed E-state index contributed by atoms with van der Waals surface area (Å²) in [7, 11) is 0. The van der Waals surface area contributed by atoms with E-state index < -0.39 is 17.7 Å². The third kappa shape index (κ3) is 8.71. The van der Waals surface area contributed by atoms with Crippen molar-refractivity contribution in [3.05, 3.63) is 71.8 Å². The van der Waals surface area contributed by atoms with Gasteiger partial charge in [0.2, 0.25) is 5.91 Å². The van der Waals surface area contributed by atoms with Crippen LogP contribution < -0.4 is 5.32 Å². The van der Waals surface area contributed by atoms with Gasteiger partial charge in [0.05, 0.1) is 0 Å². The molecule has 0 saturated carbocycles. The molecule has 0 aliphatic carbocycles. The Morgan fingerprint density at radius 1 is 0.850 bits per heavy atom. The van der Waals surface area contributed by atoms with Crippen molar-refractivity contribution in [3.8, 4) is 0 Å². The van der Waals surface area contributed by atoms with E-state index in [1.54, 1.807) is 4.90 Å². The van der Waals surface area contributed by atoms with Crippen molar-refractivity contribution in [2.24, 2.45) is 5.92 Å². The SMILES string of the molecule is CC(C)(C)OC(=O)N1CCC(CN2CCN(C(=O)[C@H](NC(=O)OCc3ccccc3)c3ccccc3)CC2)CC1. The van der Waals surface area contributed by atoms with Gasteiger partial charge in [0.1, 0.15) is 18.2 Å². The predicted octanol–water partition coefficient (Wildman–Crippen LogP) is 4.45. The summed E-state index contributed by atoms with van der Waals surface area (Å²) in [5.74, 6) is 0.382. The molecule has 0 aromatic heterocycles. The molecule has 0 unspecified atom stereocenters. The smallest absolute Gasteiger partial charge is 0.410 e. The molecular formula is C31H42N4O5. The van der Waals surface area contributed by atoms with Crippen LogP contribution in [0, 0.1) is 5.92 Å². The Kier molecular flexibility index (Phi) is 10.0. The highest BCUT2D eigenvalue weighted by Crippen LogP contribution is 2.22. The number of hydrogen-bond acceptors (Lipinski definition) is 6. The van der Waals surface area contributed by atoms with Crippen LogP contribution in [0.1, 0.15) is 50.8 Å². The van der Waals surface area contributed by atoms with Crippen LogP contribution in [0.5, 0.6) is 0 Å². The Labute approximate surface area is 237 Å². The van der Waals surface area contributed by atoms with Gasteiger partial charge in [0.15, 0.2) is 0 Å². The van der Waals surface area contributed by atoms with Gasteiger partial charge in [-0.3, -0.25) is 9.69 Å². The molecule has 2 aromatic carbocycles. The highest BCUT2D eigenvalue weighted by Gasteiger charge is 2.32. The first-order valence-corrected chi connectivity index (χ1v) is 14.2. The molecule has 40 heavy (non-hydrogen) atoms. The number of rotatable bonds is 7. The topological polar surface area (TPSA) is 91.4 Å². The number of carbonyl (C=O) groups is 3. The van der Waals surface area contributed by atoms with Crippen LogP contribution in [-0.4, -0.2) is 84.2 Å². The van der Waals surface area contributed by atoms with Crippen molar-refractivity contribution in [2.75, 3.05) is 45.8 Å². The molecule has 0 radical (unpaired) electrons. The van der Waals surface area contributed by atoms with Gasteiger partial charge in [-0.15, -0.1) is 0 Å². The summed E-state index contributed by atoms with van der Waals surface area (Å²) in [6.45, 7) is 10.9. The van der Waals surface area contributed by atoms with Crippen LogP contribution in [0.3, 0.4) is 0 Å². The van der Waals surface area contributed by atoms with Crippen LogP contribution in [0.2, 0.25) is 0 Å². The number of benzene rings is 2. The number of ether oxygens (including phenoxy) is 2. The molecule has 9 nitrogen and oxygen atoms in total. The number of amides is 3. The summed E-state index contributed by atoms with van der Waals surface area (Å²) < 4.78 is 10.9. The maximum Gasteiger partial charge on any atom is 0.410 e. The van der Waals surface area contributed by atoms with Crippen molar-refractivity contribution in [1.82, 2.24) is 20.0 Å². The fourth-order valence-corrected chi connectivity index (χ4v) is 5.14. The van der Waals surface area contributed by atoms with Gasteiger partial charge < -0.3 is 24.6 Å². The summed E-state index contributed by atoms with van der Waals surface area (Å²) in [6.07, 6.45) is 1.04. The van der Waals surface area contributed by atoms with Crippen molar-refractivity contribution < 1.29 is 23.9 Å². The average molecular weight is 551 g/mol. The number of likely N-dealkylation sites (tertiary alicyclic amines) is 1. The van der Waals surface area contributed by atoms with E-state index in [1.807, 2.05) is 86.3 Å². The zero-order chi connectivity index (χ0) is 28.5. The minimum Gasteiger partial charge on any atom is -0.445 e. The molecule has 3 amide bonds. The van der Waals surface area contributed by atoms with Gasteiger partial charge in [-0.2, -0.15) is 0 Å². The molecule has 1 atom stereocenters. The predicted molar refractivity (Wildman–Crippen MR) is 152 cm³/mol. The minimum atomic E-state index is -0.812. The first-order chi connectivity index (χ1) is 19.2. The lowest BCUT2D eigenvalue weighted by Crippen LogP contribution is -2.53. The summed E-state index contributed by atoms with van der Waals surface area (Å²) >= 11 is 0. The number of nitrogens with one attached hydrogen (secondary N) is 1. The third-order valence-corrected chi connectivity index (χ3v) is 7.32. The molecule has 9 heteroatoms. The number of nitrogens with zero attached hydrogens (tertiary/aromatic N) is 3. The van der Waals surface area contributed by atoms with E-state index in [-0.39, 0.29) is 18.6 Å². The number of carbonyl (C=O) groups excluding carboxylic acids is 3. The highest BCUT2D eigenvalue weighted by molar-refractivity contribution is 5.87. The van der Waals surface area contributed by atoms with E-state index in [1.165, 1.54) is 0 Å². The first kappa shape index (κ1) is 29.4. The van der Waals surface area contributed by atoms with Gasteiger partial charge in [-0.1, -0.05) is 60.7 Å². The standard InChI is InChI=1S/C31H42N4O5/c1-31(2,3)40-30(38)35-16-14-24(15-17-35)22-33-18-20-34(21-19-33)28(36)27(26-12-8-5-9-13-26)32-29(37)39-23-25-10-6-4-7-11-25/h4-13,24,27H,14-23H2,1-3H3,(H,32,37)/t27-/m1/s1. The summed E-state index contributed by atoms with van der Waals surface area (Å²) in [5.41, 5.74) is 1.12. The quantitative estimate of drug-likeness (QED) is 0.548. The number of piperidine rings is 1. The highest BCUT2D eigenvalue weighted by atomic mass is 16.6. The molecule has 0 bridgehead atoms. The lowest BCUT2D eigenvalue weighted by atomic mass is 9.96. The Morgan fingerprint density at radius 2 is 1.45 bits per heavy atom. The van der Waals surface area contributed by atoms with Gasteiger partial charge in [0, 0.05) is 45.8 Å². The number of hydrogen-bond donors (Lipinski definition) is 1. The second-order valence-electron chi connectivity index (χ2n) is 11.6. The molecule has 0 spiro atoms. The fraction of sp³-hybridized carbons (Fsp3) is 0.516.